The molecule has 1 aliphatic rings. The highest BCUT2D eigenvalue weighted by atomic mass is 19.1. The van der Waals surface area contributed by atoms with Crippen LogP contribution in [0.2, 0.25) is 0 Å². The first-order valence-corrected chi connectivity index (χ1v) is 6.54. The zero-order valence-electron chi connectivity index (χ0n) is 10.2. The summed E-state index contributed by atoms with van der Waals surface area (Å²) in [5, 5.41) is 3.24. The van der Waals surface area contributed by atoms with Gasteiger partial charge in [-0.05, 0) is 30.5 Å². The average molecular weight is 236 g/mol. The molecule has 0 saturated heterocycles. The molecule has 1 aromatic carbocycles. The van der Waals surface area contributed by atoms with Crippen molar-refractivity contribution in [1.82, 2.24) is 0 Å². The summed E-state index contributed by atoms with van der Waals surface area (Å²) in [4.78, 5) is 0. The van der Waals surface area contributed by atoms with Gasteiger partial charge in [0.2, 0.25) is 0 Å². The van der Waals surface area contributed by atoms with E-state index in [9.17, 15) is 4.39 Å². The third-order valence-electron chi connectivity index (χ3n) is 3.61. The number of nitrogens with one attached hydrogen (secondary N) is 1. The van der Waals surface area contributed by atoms with E-state index in [1.54, 1.807) is 6.07 Å². The van der Waals surface area contributed by atoms with Gasteiger partial charge in [-0.25, -0.2) is 4.39 Å². The Labute approximate surface area is 102 Å². The Bertz CT molecular complexity index is 359. The van der Waals surface area contributed by atoms with Crippen LogP contribution >= 0.6 is 0 Å². The van der Waals surface area contributed by atoms with Crippen molar-refractivity contribution in [1.29, 1.82) is 0 Å². The molecule has 1 aliphatic carbocycles. The van der Waals surface area contributed by atoms with E-state index in [2.05, 4.69) is 5.32 Å². The predicted molar refractivity (Wildman–Crippen MR) is 70.5 cm³/mol. The van der Waals surface area contributed by atoms with Gasteiger partial charge in [-0.2, -0.15) is 0 Å². The zero-order chi connectivity index (χ0) is 12.1. The molecule has 3 N–H and O–H groups in total. The summed E-state index contributed by atoms with van der Waals surface area (Å²) in [6.07, 6.45) is 7.98. The van der Waals surface area contributed by atoms with Gasteiger partial charge in [0.1, 0.15) is 5.82 Å². The summed E-state index contributed by atoms with van der Waals surface area (Å²) < 4.78 is 13.0. The number of benzene rings is 1. The normalized spacial score (nSPS) is 17.0. The zero-order valence-corrected chi connectivity index (χ0v) is 10.2. The molecule has 0 aliphatic heterocycles. The second-order valence-electron chi connectivity index (χ2n) is 4.95. The van der Waals surface area contributed by atoms with Crippen molar-refractivity contribution in [2.24, 2.45) is 5.92 Å². The second-order valence-corrected chi connectivity index (χ2v) is 4.95. The molecule has 1 saturated carbocycles. The van der Waals surface area contributed by atoms with Gasteiger partial charge in [0, 0.05) is 6.54 Å². The molecule has 0 heterocycles. The molecule has 0 unspecified atom stereocenters. The van der Waals surface area contributed by atoms with Crippen molar-refractivity contribution in [2.75, 3.05) is 17.6 Å². The molecule has 0 spiro atoms. The van der Waals surface area contributed by atoms with E-state index in [0.717, 1.165) is 24.6 Å². The summed E-state index contributed by atoms with van der Waals surface area (Å²) in [7, 11) is 0. The molecule has 0 amide bonds. The summed E-state index contributed by atoms with van der Waals surface area (Å²) in [5.74, 6) is 0.602. The first-order chi connectivity index (χ1) is 8.25. The van der Waals surface area contributed by atoms with Gasteiger partial charge in [0.15, 0.2) is 0 Å². The SMILES string of the molecule is Nc1ccc(F)cc1NCCC1CCCCC1. The van der Waals surface area contributed by atoms with Crippen molar-refractivity contribution in [2.45, 2.75) is 38.5 Å². The molecule has 1 fully saturated rings. The lowest BCUT2D eigenvalue weighted by molar-refractivity contribution is 0.345. The minimum Gasteiger partial charge on any atom is -0.397 e. The Morgan fingerprint density at radius 2 is 2.00 bits per heavy atom. The molecule has 0 radical (unpaired) electrons. The van der Waals surface area contributed by atoms with Gasteiger partial charge in [0.25, 0.3) is 0 Å². The summed E-state index contributed by atoms with van der Waals surface area (Å²) >= 11 is 0. The Morgan fingerprint density at radius 3 is 2.76 bits per heavy atom. The lowest BCUT2D eigenvalue weighted by atomic mass is 9.87. The fourth-order valence-corrected chi connectivity index (χ4v) is 2.57. The van der Waals surface area contributed by atoms with Crippen LogP contribution in [0.3, 0.4) is 0 Å². The lowest BCUT2D eigenvalue weighted by Gasteiger charge is -2.21. The van der Waals surface area contributed by atoms with Gasteiger partial charge in [-0.1, -0.05) is 32.1 Å². The summed E-state index contributed by atoms with van der Waals surface area (Å²) in [6.45, 7) is 0.887. The van der Waals surface area contributed by atoms with Crippen LogP contribution in [0.4, 0.5) is 15.8 Å². The van der Waals surface area contributed by atoms with E-state index >= 15 is 0 Å². The van der Waals surface area contributed by atoms with E-state index in [1.807, 2.05) is 0 Å². The van der Waals surface area contributed by atoms with E-state index in [0.29, 0.717) is 5.69 Å². The average Bonchev–Trinajstić information content (AvgIpc) is 2.35. The molecule has 0 atom stereocenters. The third kappa shape index (κ3) is 3.62. The Kier molecular flexibility index (Phi) is 4.24. The fourth-order valence-electron chi connectivity index (χ4n) is 2.57. The number of nitrogens with two attached hydrogens (primary N) is 1. The number of hydrogen-bond donors (Lipinski definition) is 2. The van der Waals surface area contributed by atoms with Crippen molar-refractivity contribution >= 4 is 11.4 Å². The van der Waals surface area contributed by atoms with Crippen molar-refractivity contribution < 1.29 is 4.39 Å². The highest BCUT2D eigenvalue weighted by molar-refractivity contribution is 5.65. The second kappa shape index (κ2) is 5.89. The van der Waals surface area contributed by atoms with Crippen molar-refractivity contribution in [3.63, 3.8) is 0 Å². The lowest BCUT2D eigenvalue weighted by Crippen LogP contribution is -2.12. The van der Waals surface area contributed by atoms with Crippen molar-refractivity contribution in [3.05, 3.63) is 24.0 Å². The predicted octanol–water partition coefficient (Wildman–Crippen LogP) is 3.79. The Morgan fingerprint density at radius 1 is 1.24 bits per heavy atom. The van der Waals surface area contributed by atoms with Crippen molar-refractivity contribution in [3.8, 4) is 0 Å². The number of nitrogen functional groups attached to an aromatic ring is 1. The fraction of sp³-hybridized carbons (Fsp3) is 0.571. The van der Waals surface area contributed by atoms with Crippen LogP contribution in [0.15, 0.2) is 18.2 Å². The smallest absolute Gasteiger partial charge is 0.125 e. The molecule has 17 heavy (non-hydrogen) atoms. The minimum absolute atomic E-state index is 0.237. The highest BCUT2D eigenvalue weighted by Crippen LogP contribution is 2.26. The highest BCUT2D eigenvalue weighted by Gasteiger charge is 2.12. The topological polar surface area (TPSA) is 38.0 Å². The molecule has 3 heteroatoms. The number of anilines is 2. The quantitative estimate of drug-likeness (QED) is 0.780. The van der Waals surface area contributed by atoms with Gasteiger partial charge in [-0.15, -0.1) is 0 Å². The van der Waals surface area contributed by atoms with Crippen LogP contribution in [-0.4, -0.2) is 6.54 Å². The Hall–Kier alpha value is -1.25. The maximum absolute atomic E-state index is 13.0. The molecular weight excluding hydrogens is 215 g/mol. The monoisotopic (exact) mass is 236 g/mol. The van der Waals surface area contributed by atoms with E-state index in [1.165, 1.54) is 44.2 Å². The van der Waals surface area contributed by atoms with Crippen LogP contribution in [0.25, 0.3) is 0 Å². The van der Waals surface area contributed by atoms with Gasteiger partial charge >= 0.3 is 0 Å². The third-order valence-corrected chi connectivity index (χ3v) is 3.61. The number of hydrogen-bond acceptors (Lipinski definition) is 2. The van der Waals surface area contributed by atoms with E-state index in [-0.39, 0.29) is 5.82 Å². The van der Waals surface area contributed by atoms with Crippen LogP contribution in [0, 0.1) is 11.7 Å². The van der Waals surface area contributed by atoms with Crippen LogP contribution in [0.5, 0.6) is 0 Å². The van der Waals surface area contributed by atoms with Gasteiger partial charge in [-0.3, -0.25) is 0 Å². The first kappa shape index (κ1) is 12.2. The first-order valence-electron chi connectivity index (χ1n) is 6.54. The number of rotatable bonds is 4. The van der Waals surface area contributed by atoms with E-state index in [4.69, 9.17) is 5.73 Å². The van der Waals surface area contributed by atoms with Gasteiger partial charge in [0.05, 0.1) is 11.4 Å². The molecule has 0 aromatic heterocycles. The maximum atomic E-state index is 13.0. The van der Waals surface area contributed by atoms with E-state index < -0.39 is 0 Å². The largest absolute Gasteiger partial charge is 0.397 e. The minimum atomic E-state index is -0.237. The summed E-state index contributed by atoms with van der Waals surface area (Å²) in [5.41, 5.74) is 7.12. The molecule has 2 nitrogen and oxygen atoms in total. The van der Waals surface area contributed by atoms with Crippen LogP contribution in [-0.2, 0) is 0 Å². The molecule has 1 aromatic rings. The summed E-state index contributed by atoms with van der Waals surface area (Å²) in [6, 6.07) is 4.47. The van der Waals surface area contributed by atoms with Crippen LogP contribution < -0.4 is 11.1 Å². The molecular formula is C14H21FN2. The standard InChI is InChI=1S/C14H21FN2/c15-12-6-7-13(16)14(10-12)17-9-8-11-4-2-1-3-5-11/h6-7,10-11,17H,1-5,8-9,16H2. The number of halogens is 1. The molecule has 0 bridgehead atoms. The van der Waals surface area contributed by atoms with Gasteiger partial charge < -0.3 is 11.1 Å². The molecule has 2 rings (SSSR count). The molecule has 94 valence electrons. The Balaban J connectivity index is 1.79. The maximum Gasteiger partial charge on any atom is 0.125 e. The van der Waals surface area contributed by atoms with Crippen LogP contribution in [0.1, 0.15) is 38.5 Å².